The second kappa shape index (κ2) is 10.1. The van der Waals surface area contributed by atoms with Gasteiger partial charge in [0.2, 0.25) is 0 Å². The first-order valence-corrected chi connectivity index (χ1v) is 10.2. The molecule has 1 aromatic carbocycles. The van der Waals surface area contributed by atoms with E-state index < -0.39 is 0 Å². The van der Waals surface area contributed by atoms with Crippen LogP contribution in [-0.2, 0) is 0 Å². The van der Waals surface area contributed by atoms with E-state index in [-0.39, 0.29) is 0 Å². The molecule has 2 heterocycles. The number of hydrogen-bond acceptors (Lipinski definition) is 4. The van der Waals surface area contributed by atoms with Crippen LogP contribution in [0, 0.1) is 0 Å². The van der Waals surface area contributed by atoms with Crippen molar-refractivity contribution in [3.05, 3.63) is 47.8 Å². The van der Waals surface area contributed by atoms with Crippen LogP contribution in [0.2, 0.25) is 0 Å². The van der Waals surface area contributed by atoms with Crippen LogP contribution in [0.15, 0.2) is 52.8 Å². The summed E-state index contributed by atoms with van der Waals surface area (Å²) in [4.78, 5) is 6.82. The average molecular weight is 373 g/mol. The Morgan fingerprint density at radius 2 is 2.00 bits per heavy atom. The van der Waals surface area contributed by atoms with Gasteiger partial charge >= 0.3 is 0 Å². The molecular formula is C20H28N4OS. The van der Waals surface area contributed by atoms with E-state index >= 15 is 0 Å². The molecule has 0 radical (unpaired) electrons. The predicted octanol–water partition coefficient (Wildman–Crippen LogP) is 3.35. The van der Waals surface area contributed by atoms with Gasteiger partial charge in [-0.3, -0.25) is 4.99 Å². The van der Waals surface area contributed by atoms with Crippen LogP contribution >= 0.6 is 11.3 Å². The second-order valence-corrected chi connectivity index (χ2v) is 7.30. The lowest BCUT2D eigenvalue weighted by molar-refractivity contribution is 0.311. The van der Waals surface area contributed by atoms with Gasteiger partial charge in [0, 0.05) is 32.7 Å². The van der Waals surface area contributed by atoms with Gasteiger partial charge in [0.15, 0.2) is 5.96 Å². The van der Waals surface area contributed by atoms with Crippen molar-refractivity contribution in [2.75, 3.05) is 38.2 Å². The maximum Gasteiger partial charge on any atom is 0.191 e. The third-order valence-corrected chi connectivity index (χ3v) is 5.43. The van der Waals surface area contributed by atoms with Gasteiger partial charge in [0.25, 0.3) is 0 Å². The van der Waals surface area contributed by atoms with Gasteiger partial charge in [-0.05, 0) is 48.9 Å². The molecule has 0 amide bonds. The summed E-state index contributed by atoms with van der Waals surface area (Å²) in [5.74, 6) is 1.81. The Labute approximate surface area is 160 Å². The summed E-state index contributed by atoms with van der Waals surface area (Å²) < 4.78 is 5.71. The van der Waals surface area contributed by atoms with Crippen molar-refractivity contribution >= 4 is 22.3 Å². The Morgan fingerprint density at radius 1 is 1.19 bits per heavy atom. The molecule has 26 heavy (non-hydrogen) atoms. The Hall–Kier alpha value is -2.21. The highest BCUT2D eigenvalue weighted by Gasteiger charge is 2.20. The van der Waals surface area contributed by atoms with Crippen molar-refractivity contribution in [1.82, 2.24) is 10.6 Å². The highest BCUT2D eigenvalue weighted by molar-refractivity contribution is 7.14. The minimum absolute atomic E-state index is 0.484. The lowest BCUT2D eigenvalue weighted by Gasteiger charge is -2.33. The van der Waals surface area contributed by atoms with E-state index in [1.807, 2.05) is 48.7 Å². The van der Waals surface area contributed by atoms with E-state index in [9.17, 15) is 0 Å². The molecular weight excluding hydrogens is 344 g/mol. The van der Waals surface area contributed by atoms with E-state index in [1.165, 1.54) is 5.00 Å². The van der Waals surface area contributed by atoms with Crippen LogP contribution in [0.3, 0.4) is 0 Å². The summed E-state index contributed by atoms with van der Waals surface area (Å²) in [5.41, 5.74) is 0. The number of nitrogens with zero attached hydrogens (tertiary/aromatic N) is 2. The van der Waals surface area contributed by atoms with Crippen molar-refractivity contribution in [2.45, 2.75) is 25.3 Å². The summed E-state index contributed by atoms with van der Waals surface area (Å²) in [5, 5.41) is 10.5. The Morgan fingerprint density at radius 3 is 2.69 bits per heavy atom. The average Bonchev–Trinajstić information content (AvgIpc) is 3.23. The minimum atomic E-state index is 0.484. The van der Waals surface area contributed by atoms with Gasteiger partial charge in [-0.25, -0.2) is 0 Å². The fraction of sp³-hybridized carbons (Fsp3) is 0.450. The highest BCUT2D eigenvalue weighted by Crippen LogP contribution is 2.24. The molecule has 0 unspecified atom stereocenters. The molecule has 1 aromatic heterocycles. The molecule has 0 aliphatic carbocycles. The van der Waals surface area contributed by atoms with Crippen molar-refractivity contribution in [3.63, 3.8) is 0 Å². The normalized spacial score (nSPS) is 15.7. The number of para-hydroxylation sites is 1. The predicted molar refractivity (Wildman–Crippen MR) is 111 cm³/mol. The van der Waals surface area contributed by atoms with Crippen LogP contribution in [0.25, 0.3) is 0 Å². The summed E-state index contributed by atoms with van der Waals surface area (Å²) in [6.45, 7) is 3.74. The van der Waals surface area contributed by atoms with E-state index in [1.54, 1.807) is 0 Å². The second-order valence-electron chi connectivity index (χ2n) is 6.37. The van der Waals surface area contributed by atoms with Crippen LogP contribution in [0.5, 0.6) is 5.75 Å². The number of thiophene rings is 1. The molecule has 1 fully saturated rings. The molecule has 0 spiro atoms. The molecule has 1 aliphatic heterocycles. The Bertz CT molecular complexity index is 652. The van der Waals surface area contributed by atoms with E-state index in [0.29, 0.717) is 12.6 Å². The number of benzene rings is 1. The van der Waals surface area contributed by atoms with Gasteiger partial charge in [-0.2, -0.15) is 0 Å². The number of ether oxygens (including phenoxy) is 1. The van der Waals surface area contributed by atoms with E-state index in [4.69, 9.17) is 4.74 Å². The number of aliphatic imine (C=N–C) groups is 1. The third kappa shape index (κ3) is 5.66. The molecule has 5 nitrogen and oxygen atoms in total. The van der Waals surface area contributed by atoms with E-state index in [0.717, 1.165) is 50.6 Å². The largest absolute Gasteiger partial charge is 0.494 e. The molecule has 1 aliphatic rings. The Balaban J connectivity index is 1.31. The topological polar surface area (TPSA) is 48.9 Å². The zero-order valence-corrected chi connectivity index (χ0v) is 16.2. The van der Waals surface area contributed by atoms with Crippen LogP contribution in [0.1, 0.15) is 19.3 Å². The summed E-state index contributed by atoms with van der Waals surface area (Å²) in [6, 6.07) is 14.8. The van der Waals surface area contributed by atoms with Gasteiger partial charge < -0.3 is 20.3 Å². The summed E-state index contributed by atoms with van der Waals surface area (Å²) in [7, 11) is 1.83. The van der Waals surface area contributed by atoms with Gasteiger partial charge in [-0.1, -0.05) is 18.2 Å². The first-order chi connectivity index (χ1) is 12.8. The van der Waals surface area contributed by atoms with Crippen LogP contribution < -0.4 is 20.3 Å². The van der Waals surface area contributed by atoms with Gasteiger partial charge in [-0.15, -0.1) is 11.3 Å². The number of piperidine rings is 1. The third-order valence-electron chi connectivity index (χ3n) is 4.50. The van der Waals surface area contributed by atoms with Crippen molar-refractivity contribution in [3.8, 4) is 5.75 Å². The lowest BCUT2D eigenvalue weighted by atomic mass is 10.1. The number of anilines is 1. The van der Waals surface area contributed by atoms with E-state index in [2.05, 4.69) is 38.0 Å². The number of guanidine groups is 1. The molecule has 2 N–H and O–H groups in total. The first-order valence-electron chi connectivity index (χ1n) is 9.28. The molecule has 2 aromatic rings. The summed E-state index contributed by atoms with van der Waals surface area (Å²) >= 11 is 1.82. The Kier molecular flexibility index (Phi) is 7.19. The monoisotopic (exact) mass is 372 g/mol. The number of hydrogen-bond donors (Lipinski definition) is 2. The summed E-state index contributed by atoms with van der Waals surface area (Å²) in [6.07, 6.45) is 3.21. The molecule has 140 valence electrons. The lowest BCUT2D eigenvalue weighted by Crippen LogP contribution is -2.48. The van der Waals surface area contributed by atoms with Gasteiger partial charge in [0.05, 0.1) is 11.6 Å². The zero-order chi connectivity index (χ0) is 18.0. The molecule has 0 saturated carbocycles. The van der Waals surface area contributed by atoms with Gasteiger partial charge in [0.1, 0.15) is 5.75 Å². The zero-order valence-electron chi connectivity index (χ0n) is 15.4. The SMILES string of the molecule is CN=C(NCCCOc1ccccc1)NC1CCN(c2cccs2)CC1. The molecule has 0 atom stereocenters. The minimum Gasteiger partial charge on any atom is -0.494 e. The molecule has 1 saturated heterocycles. The van der Waals surface area contributed by atoms with Crippen molar-refractivity contribution in [1.29, 1.82) is 0 Å². The van der Waals surface area contributed by atoms with Crippen molar-refractivity contribution < 1.29 is 4.74 Å². The van der Waals surface area contributed by atoms with Crippen LogP contribution in [0.4, 0.5) is 5.00 Å². The molecule has 3 rings (SSSR count). The maximum atomic E-state index is 5.71. The van der Waals surface area contributed by atoms with Crippen molar-refractivity contribution in [2.24, 2.45) is 4.99 Å². The smallest absolute Gasteiger partial charge is 0.191 e. The number of nitrogens with one attached hydrogen (secondary N) is 2. The van der Waals surface area contributed by atoms with Crippen LogP contribution in [-0.4, -0.2) is 45.3 Å². The first kappa shape index (κ1) is 18.6. The standard InChI is InChI=1S/C20H28N4OS/c1-21-20(22-12-6-15-25-18-7-3-2-4-8-18)23-17-10-13-24(14-11-17)19-9-5-16-26-19/h2-5,7-9,16-17H,6,10-15H2,1H3,(H2,21,22,23). The number of rotatable bonds is 7. The highest BCUT2D eigenvalue weighted by atomic mass is 32.1. The quantitative estimate of drug-likeness (QED) is 0.445. The fourth-order valence-electron chi connectivity index (χ4n) is 3.07. The fourth-order valence-corrected chi connectivity index (χ4v) is 3.85. The molecule has 0 bridgehead atoms. The maximum absolute atomic E-state index is 5.71. The molecule has 6 heteroatoms.